The molecule has 2 rings (SSSR count). The smallest absolute Gasteiger partial charge is 0.330 e. The Morgan fingerprint density at radius 2 is 2.17 bits per heavy atom. The molecule has 3 N–H and O–H groups in total. The molecule has 0 radical (unpaired) electrons. The molecular weight excluding hydrogens is 319 g/mol. The van der Waals surface area contributed by atoms with E-state index in [4.69, 9.17) is 9.84 Å². The number of nitrogens with one attached hydrogen (secondary N) is 1. The van der Waals surface area contributed by atoms with Crippen molar-refractivity contribution in [1.82, 2.24) is 9.55 Å². The quantitative estimate of drug-likeness (QED) is 0.519. The van der Waals surface area contributed by atoms with Gasteiger partial charge in [0.1, 0.15) is 17.8 Å². The predicted molar refractivity (Wildman–Crippen MR) is 84.2 cm³/mol. The summed E-state index contributed by atoms with van der Waals surface area (Å²) in [5.41, 5.74) is -1.51. The van der Waals surface area contributed by atoms with Crippen molar-refractivity contribution in [2.75, 3.05) is 6.61 Å². The van der Waals surface area contributed by atoms with Crippen molar-refractivity contribution in [1.29, 1.82) is 0 Å². The van der Waals surface area contributed by atoms with E-state index in [2.05, 4.69) is 23.7 Å². The Morgan fingerprint density at radius 1 is 1.42 bits per heavy atom. The Kier molecular flexibility index (Phi) is 6.31. The van der Waals surface area contributed by atoms with Gasteiger partial charge in [0, 0.05) is 12.6 Å². The van der Waals surface area contributed by atoms with Crippen LogP contribution in [0, 0.1) is 11.8 Å². The van der Waals surface area contributed by atoms with Gasteiger partial charge in [-0.2, -0.15) is 0 Å². The highest BCUT2D eigenvalue weighted by molar-refractivity contribution is 5.29. The Labute approximate surface area is 138 Å². The summed E-state index contributed by atoms with van der Waals surface area (Å²) in [5.74, 6) is 5.52. The molecule has 0 aliphatic carbocycles. The summed E-state index contributed by atoms with van der Waals surface area (Å²) in [4.78, 5) is 25.8. The summed E-state index contributed by atoms with van der Waals surface area (Å²) >= 11 is 0. The van der Waals surface area contributed by atoms with E-state index in [1.165, 1.54) is 0 Å². The normalized spacial score (nSPS) is 26.2. The van der Waals surface area contributed by atoms with E-state index in [0.717, 1.165) is 30.0 Å². The zero-order chi connectivity index (χ0) is 17.7. The van der Waals surface area contributed by atoms with Gasteiger partial charge < -0.3 is 14.9 Å². The summed E-state index contributed by atoms with van der Waals surface area (Å²) in [6.07, 6.45) is -1.29. The highest BCUT2D eigenvalue weighted by Gasteiger charge is 2.45. The maximum absolute atomic E-state index is 14.1. The first-order valence-electron chi connectivity index (χ1n) is 7.92. The number of ether oxygens (including phenoxy) is 1. The molecule has 24 heavy (non-hydrogen) atoms. The van der Waals surface area contributed by atoms with Crippen molar-refractivity contribution in [3.05, 3.63) is 32.6 Å². The zero-order valence-electron chi connectivity index (χ0n) is 13.4. The number of unbranched alkanes of at least 4 members (excludes halogenated alkanes) is 3. The molecule has 1 aromatic heterocycles. The highest BCUT2D eigenvalue weighted by atomic mass is 19.1. The van der Waals surface area contributed by atoms with Gasteiger partial charge in [-0.3, -0.25) is 14.3 Å². The van der Waals surface area contributed by atoms with Gasteiger partial charge >= 0.3 is 5.69 Å². The molecule has 1 aromatic rings. The summed E-state index contributed by atoms with van der Waals surface area (Å²) in [5, 5.41) is 18.7. The molecule has 0 bridgehead atoms. The van der Waals surface area contributed by atoms with Crippen LogP contribution in [0.3, 0.4) is 0 Å². The molecule has 0 spiro atoms. The average Bonchev–Trinajstić information content (AvgIpc) is 2.84. The third-order valence-corrected chi connectivity index (χ3v) is 3.84. The highest BCUT2D eigenvalue weighted by Crippen LogP contribution is 2.30. The van der Waals surface area contributed by atoms with Gasteiger partial charge in [-0.15, -0.1) is 0 Å². The topological polar surface area (TPSA) is 105 Å². The first kappa shape index (κ1) is 18.4. The minimum Gasteiger partial charge on any atom is -0.394 e. The van der Waals surface area contributed by atoms with Crippen LogP contribution >= 0.6 is 0 Å². The molecule has 0 unspecified atom stereocenters. The number of H-pyrrole nitrogens is 1. The number of aliphatic hydroxyl groups excluding tert-OH is 2. The van der Waals surface area contributed by atoms with Crippen LogP contribution in [0.25, 0.3) is 0 Å². The number of hydrogen-bond acceptors (Lipinski definition) is 5. The van der Waals surface area contributed by atoms with Crippen molar-refractivity contribution in [2.24, 2.45) is 0 Å². The predicted octanol–water partition coefficient (Wildman–Crippen LogP) is 0.0571. The summed E-state index contributed by atoms with van der Waals surface area (Å²) in [6.45, 7) is 1.48. The van der Waals surface area contributed by atoms with E-state index >= 15 is 0 Å². The van der Waals surface area contributed by atoms with Crippen molar-refractivity contribution in [3.63, 3.8) is 0 Å². The van der Waals surface area contributed by atoms with Crippen LogP contribution in [-0.2, 0) is 4.74 Å². The fourth-order valence-electron chi connectivity index (χ4n) is 2.46. The van der Waals surface area contributed by atoms with E-state index in [1.54, 1.807) is 0 Å². The molecule has 4 atom stereocenters. The van der Waals surface area contributed by atoms with E-state index in [1.807, 2.05) is 0 Å². The van der Waals surface area contributed by atoms with Crippen LogP contribution < -0.4 is 11.2 Å². The second-order valence-corrected chi connectivity index (χ2v) is 5.65. The summed E-state index contributed by atoms with van der Waals surface area (Å²) in [6, 6.07) is 0. The third-order valence-electron chi connectivity index (χ3n) is 3.84. The van der Waals surface area contributed by atoms with Crippen molar-refractivity contribution >= 4 is 0 Å². The SMILES string of the molecule is CCCCCC#Cc1cn([C@@H]2O[C@H](CO)[C@@H](O)[C@H]2F)c(=O)[nH]c1=O. The van der Waals surface area contributed by atoms with E-state index < -0.39 is 42.5 Å². The van der Waals surface area contributed by atoms with E-state index in [9.17, 15) is 19.1 Å². The van der Waals surface area contributed by atoms with Crippen LogP contribution in [-0.4, -0.2) is 44.8 Å². The average molecular weight is 340 g/mol. The fraction of sp³-hybridized carbons (Fsp3) is 0.625. The number of aromatic nitrogens is 2. The number of rotatable bonds is 5. The first-order chi connectivity index (χ1) is 11.5. The standard InChI is InChI=1S/C16H21FN2O5/c1-2-3-4-5-6-7-10-8-19(16(23)18-14(10)22)15-12(17)13(21)11(9-20)24-15/h8,11-13,15,20-21H,2-5,9H2,1H3,(H,18,22,23)/t11-,12-,13-,15-/m1/s1. The van der Waals surface area contributed by atoms with Gasteiger partial charge in [-0.1, -0.05) is 31.6 Å². The minimum atomic E-state index is -1.91. The number of halogens is 1. The van der Waals surface area contributed by atoms with Crippen molar-refractivity contribution < 1.29 is 19.3 Å². The maximum atomic E-state index is 14.1. The molecule has 7 nitrogen and oxygen atoms in total. The fourth-order valence-corrected chi connectivity index (χ4v) is 2.46. The molecule has 1 fully saturated rings. The lowest BCUT2D eigenvalue weighted by molar-refractivity contribution is -0.0491. The van der Waals surface area contributed by atoms with Crippen LogP contribution in [0.1, 0.15) is 44.4 Å². The summed E-state index contributed by atoms with van der Waals surface area (Å²) in [7, 11) is 0. The van der Waals surface area contributed by atoms with Crippen LogP contribution in [0.15, 0.2) is 15.8 Å². The largest absolute Gasteiger partial charge is 0.394 e. The Bertz CT molecular complexity index is 732. The van der Waals surface area contributed by atoms with Gasteiger partial charge in [0.15, 0.2) is 12.4 Å². The third kappa shape index (κ3) is 3.93. The van der Waals surface area contributed by atoms with Gasteiger partial charge in [0.2, 0.25) is 0 Å². The van der Waals surface area contributed by atoms with Gasteiger partial charge in [-0.25, -0.2) is 9.18 Å². The Balaban J connectivity index is 2.27. The van der Waals surface area contributed by atoms with Crippen LogP contribution in [0.4, 0.5) is 4.39 Å². The molecule has 0 saturated carbocycles. The monoisotopic (exact) mass is 340 g/mol. The van der Waals surface area contributed by atoms with Gasteiger partial charge in [0.25, 0.3) is 5.56 Å². The minimum absolute atomic E-state index is 0.0174. The molecular formula is C16H21FN2O5. The molecule has 1 saturated heterocycles. The lowest BCUT2D eigenvalue weighted by Crippen LogP contribution is -2.37. The number of hydrogen-bond donors (Lipinski definition) is 3. The Morgan fingerprint density at radius 3 is 2.79 bits per heavy atom. The number of alkyl halides is 1. The molecule has 2 heterocycles. The number of aromatic amines is 1. The lowest BCUT2D eigenvalue weighted by atomic mass is 10.1. The molecule has 8 heteroatoms. The van der Waals surface area contributed by atoms with Gasteiger partial charge in [0.05, 0.1) is 6.61 Å². The molecule has 1 aliphatic heterocycles. The molecule has 0 aromatic carbocycles. The maximum Gasteiger partial charge on any atom is 0.330 e. The van der Waals surface area contributed by atoms with Crippen LogP contribution in [0.2, 0.25) is 0 Å². The zero-order valence-corrected chi connectivity index (χ0v) is 13.4. The summed E-state index contributed by atoms with van der Waals surface area (Å²) < 4.78 is 20.2. The Hall–Kier alpha value is -1.95. The number of aliphatic hydroxyl groups is 2. The van der Waals surface area contributed by atoms with Gasteiger partial charge in [-0.05, 0) is 6.42 Å². The van der Waals surface area contributed by atoms with E-state index in [-0.39, 0.29) is 5.56 Å². The first-order valence-corrected chi connectivity index (χ1v) is 7.92. The lowest BCUT2D eigenvalue weighted by Gasteiger charge is -2.15. The molecule has 1 aliphatic rings. The van der Waals surface area contributed by atoms with Crippen molar-refractivity contribution in [2.45, 2.75) is 57.2 Å². The molecule has 132 valence electrons. The molecule has 0 amide bonds. The second kappa shape index (κ2) is 8.24. The second-order valence-electron chi connectivity index (χ2n) is 5.65. The number of nitrogens with zero attached hydrogens (tertiary/aromatic N) is 1. The van der Waals surface area contributed by atoms with Crippen molar-refractivity contribution in [3.8, 4) is 11.8 Å². The van der Waals surface area contributed by atoms with Crippen LogP contribution in [0.5, 0.6) is 0 Å². The van der Waals surface area contributed by atoms with E-state index in [0.29, 0.717) is 6.42 Å².